The van der Waals surface area contributed by atoms with Crippen LogP contribution in [0.4, 0.5) is 0 Å². The minimum Gasteiger partial charge on any atom is -0.309 e. The van der Waals surface area contributed by atoms with E-state index in [9.17, 15) is 0 Å². The van der Waals surface area contributed by atoms with Gasteiger partial charge in [0.25, 0.3) is 0 Å². The number of fused-ring (bicyclic) bond motifs is 11. The largest absolute Gasteiger partial charge is 0.309 e. The number of hydrogen-bond donors (Lipinski definition) is 0. The van der Waals surface area contributed by atoms with E-state index in [1.807, 2.05) is 0 Å². The first-order valence-electron chi connectivity index (χ1n) is 17.0. The van der Waals surface area contributed by atoms with E-state index in [4.69, 9.17) is 0 Å². The molecule has 2 aliphatic carbocycles. The number of benzene rings is 8. The van der Waals surface area contributed by atoms with Crippen LogP contribution >= 0.6 is 0 Å². The van der Waals surface area contributed by atoms with Crippen molar-refractivity contribution in [1.29, 1.82) is 0 Å². The standard InChI is InChI=1S/C48H29N/c1-3-14-31(15-4-1)44-40-27-32-16-7-8-17-33(32)28-41(40)48-45(46-36-20-10-9-13-30(36)23-25-38(46)47(44)48)34-24-26-43-39(29-34)37-21-11-12-22-42(37)49(43)35-18-5-2-6-19-35/h1-29H. The van der Waals surface area contributed by atoms with Crippen LogP contribution < -0.4 is 0 Å². The van der Waals surface area contributed by atoms with Crippen molar-refractivity contribution in [2.45, 2.75) is 0 Å². The first-order valence-corrected chi connectivity index (χ1v) is 17.0. The first-order chi connectivity index (χ1) is 24.3. The molecule has 0 fully saturated rings. The highest BCUT2D eigenvalue weighted by Crippen LogP contribution is 2.60. The normalized spacial score (nSPS) is 13.6. The van der Waals surface area contributed by atoms with Crippen LogP contribution in [0.15, 0.2) is 176 Å². The fraction of sp³-hybridized carbons (Fsp3) is 0. The summed E-state index contributed by atoms with van der Waals surface area (Å²) in [6, 6.07) is 64.9. The average molecular weight is 620 g/mol. The first kappa shape index (κ1) is 26.6. The van der Waals surface area contributed by atoms with E-state index >= 15 is 0 Å². The van der Waals surface area contributed by atoms with Crippen molar-refractivity contribution in [1.82, 2.24) is 4.57 Å². The Bertz CT molecular complexity index is 2900. The molecule has 1 heterocycles. The molecule has 49 heavy (non-hydrogen) atoms. The van der Waals surface area contributed by atoms with E-state index in [0.717, 1.165) is 0 Å². The van der Waals surface area contributed by atoms with Crippen LogP contribution in [0, 0.1) is 0 Å². The molecule has 1 heteroatoms. The summed E-state index contributed by atoms with van der Waals surface area (Å²) >= 11 is 0. The predicted molar refractivity (Wildman–Crippen MR) is 207 cm³/mol. The smallest absolute Gasteiger partial charge is 0.0541 e. The molecule has 11 rings (SSSR count). The van der Waals surface area contributed by atoms with Crippen molar-refractivity contribution in [3.63, 3.8) is 0 Å². The number of nitrogens with zero attached hydrogens (tertiary/aromatic N) is 1. The van der Waals surface area contributed by atoms with E-state index in [-0.39, 0.29) is 0 Å². The van der Waals surface area contributed by atoms with Crippen molar-refractivity contribution in [3.05, 3.63) is 209 Å². The molecular weight excluding hydrogens is 591 g/mol. The second kappa shape index (κ2) is 10.0. The Balaban J connectivity index is 1.30. The molecule has 1 nitrogen and oxygen atoms in total. The quantitative estimate of drug-likeness (QED) is 0.185. The second-order valence-corrected chi connectivity index (χ2v) is 13.2. The molecule has 0 N–H and O–H groups in total. The third-order valence-corrected chi connectivity index (χ3v) is 10.7. The van der Waals surface area contributed by atoms with Crippen LogP contribution in [-0.2, 0) is 0 Å². The zero-order valence-corrected chi connectivity index (χ0v) is 26.7. The lowest BCUT2D eigenvalue weighted by Gasteiger charge is -2.15. The van der Waals surface area contributed by atoms with Crippen molar-refractivity contribution in [2.24, 2.45) is 0 Å². The molecule has 0 spiro atoms. The molecule has 0 aliphatic heterocycles. The van der Waals surface area contributed by atoms with Gasteiger partial charge in [0.05, 0.1) is 11.0 Å². The SMILES string of the molecule is c1ccc(C2=C3C(=C(c4ccc5c(c4)c4ccccc4n5-c4ccccc4)c4c3ccc3ccccc43)c3cc4ccccc4cc32)cc1. The maximum Gasteiger partial charge on any atom is 0.0541 e. The van der Waals surface area contributed by atoms with E-state index < -0.39 is 0 Å². The topological polar surface area (TPSA) is 4.93 Å². The van der Waals surface area contributed by atoms with Gasteiger partial charge in [-0.2, -0.15) is 0 Å². The third kappa shape index (κ3) is 3.70. The molecule has 2 aliphatic rings. The molecule has 1 aromatic heterocycles. The number of para-hydroxylation sites is 2. The van der Waals surface area contributed by atoms with Gasteiger partial charge < -0.3 is 4.57 Å². The van der Waals surface area contributed by atoms with Crippen molar-refractivity contribution >= 4 is 65.6 Å². The number of aromatic nitrogens is 1. The summed E-state index contributed by atoms with van der Waals surface area (Å²) in [5.41, 5.74) is 16.7. The van der Waals surface area contributed by atoms with Gasteiger partial charge in [-0.25, -0.2) is 0 Å². The molecule has 0 radical (unpaired) electrons. The fourth-order valence-corrected chi connectivity index (χ4v) is 8.63. The van der Waals surface area contributed by atoms with Gasteiger partial charge in [-0.05, 0) is 120 Å². The maximum atomic E-state index is 2.45. The Kier molecular flexibility index (Phi) is 5.45. The maximum absolute atomic E-state index is 2.45. The van der Waals surface area contributed by atoms with Gasteiger partial charge in [0.15, 0.2) is 0 Å². The van der Waals surface area contributed by atoms with Gasteiger partial charge in [0, 0.05) is 16.5 Å². The average Bonchev–Trinajstić information content (AvgIpc) is 3.80. The van der Waals surface area contributed by atoms with E-state index in [1.54, 1.807) is 0 Å². The molecule has 9 aromatic rings. The van der Waals surface area contributed by atoms with Crippen molar-refractivity contribution in [3.8, 4) is 5.69 Å². The molecule has 0 unspecified atom stereocenters. The summed E-state index contributed by atoms with van der Waals surface area (Å²) in [5, 5.41) is 7.63. The van der Waals surface area contributed by atoms with Gasteiger partial charge in [-0.1, -0.05) is 133 Å². The summed E-state index contributed by atoms with van der Waals surface area (Å²) < 4.78 is 2.40. The van der Waals surface area contributed by atoms with Crippen molar-refractivity contribution in [2.75, 3.05) is 0 Å². The highest BCUT2D eigenvalue weighted by atomic mass is 15.0. The monoisotopic (exact) mass is 619 g/mol. The van der Waals surface area contributed by atoms with E-state index in [2.05, 4.69) is 180 Å². The molecule has 0 saturated carbocycles. The third-order valence-electron chi connectivity index (χ3n) is 10.7. The molecule has 0 bridgehead atoms. The summed E-state index contributed by atoms with van der Waals surface area (Å²) in [7, 11) is 0. The molecule has 0 amide bonds. The van der Waals surface area contributed by atoms with Crippen LogP contribution in [-0.4, -0.2) is 4.57 Å². The Labute approximate surface area is 284 Å². The number of allylic oxidation sites excluding steroid dienone is 2. The van der Waals surface area contributed by atoms with Crippen molar-refractivity contribution < 1.29 is 0 Å². The fourth-order valence-electron chi connectivity index (χ4n) is 8.63. The minimum atomic E-state index is 1.18. The number of hydrogen-bond acceptors (Lipinski definition) is 0. The van der Waals surface area contributed by atoms with Gasteiger partial charge in [-0.15, -0.1) is 0 Å². The molecule has 8 aromatic carbocycles. The van der Waals surface area contributed by atoms with Gasteiger partial charge >= 0.3 is 0 Å². The summed E-state index contributed by atoms with van der Waals surface area (Å²) in [4.78, 5) is 0. The molecule has 0 saturated heterocycles. The number of rotatable bonds is 3. The van der Waals surface area contributed by atoms with Crippen LogP contribution in [0.2, 0.25) is 0 Å². The van der Waals surface area contributed by atoms with Crippen LogP contribution in [0.5, 0.6) is 0 Å². The minimum absolute atomic E-state index is 1.18. The van der Waals surface area contributed by atoms with Gasteiger partial charge in [0.1, 0.15) is 0 Å². The lowest BCUT2D eigenvalue weighted by Crippen LogP contribution is -1.95. The lowest BCUT2D eigenvalue weighted by molar-refractivity contribution is 1.18. The van der Waals surface area contributed by atoms with Gasteiger partial charge in [-0.3, -0.25) is 0 Å². The van der Waals surface area contributed by atoms with Gasteiger partial charge in [0.2, 0.25) is 0 Å². The highest BCUT2D eigenvalue weighted by Gasteiger charge is 2.38. The zero-order chi connectivity index (χ0) is 32.1. The molecular formula is C48H29N. The second-order valence-electron chi connectivity index (χ2n) is 13.2. The summed E-state index contributed by atoms with van der Waals surface area (Å²) in [6.07, 6.45) is 0. The Hall–Kier alpha value is -6.44. The summed E-state index contributed by atoms with van der Waals surface area (Å²) in [5.74, 6) is 0. The van der Waals surface area contributed by atoms with Crippen LogP contribution in [0.3, 0.4) is 0 Å². The summed E-state index contributed by atoms with van der Waals surface area (Å²) in [6.45, 7) is 0. The Morgan fingerprint density at radius 1 is 0.306 bits per heavy atom. The zero-order valence-electron chi connectivity index (χ0n) is 26.7. The van der Waals surface area contributed by atoms with Crippen LogP contribution in [0.1, 0.15) is 33.4 Å². The van der Waals surface area contributed by atoms with E-state index in [1.165, 1.54) is 105 Å². The molecule has 226 valence electrons. The Morgan fingerprint density at radius 2 is 0.898 bits per heavy atom. The lowest BCUT2D eigenvalue weighted by atomic mass is 9.88. The predicted octanol–water partition coefficient (Wildman–Crippen LogP) is 12.3. The highest BCUT2D eigenvalue weighted by molar-refractivity contribution is 6.37. The molecule has 0 atom stereocenters. The van der Waals surface area contributed by atoms with Crippen LogP contribution in [0.25, 0.3) is 71.3 Å². The Morgan fingerprint density at radius 3 is 1.67 bits per heavy atom. The van der Waals surface area contributed by atoms with E-state index in [0.29, 0.717) is 0 Å².